The van der Waals surface area contributed by atoms with Crippen molar-refractivity contribution in [1.29, 1.82) is 0 Å². The van der Waals surface area contributed by atoms with E-state index in [0.717, 1.165) is 19.3 Å². The minimum absolute atomic E-state index is 0.303. The van der Waals surface area contributed by atoms with Crippen molar-refractivity contribution >= 4 is 5.97 Å². The molecule has 0 saturated heterocycles. The summed E-state index contributed by atoms with van der Waals surface area (Å²) in [5.74, 6) is -0.303. The molecule has 0 aliphatic carbocycles. The van der Waals surface area contributed by atoms with Gasteiger partial charge in [0.25, 0.3) is 0 Å². The van der Waals surface area contributed by atoms with Crippen molar-refractivity contribution in [2.75, 3.05) is 13.2 Å². The molecule has 70 valence electrons. The van der Waals surface area contributed by atoms with Gasteiger partial charge in [0.1, 0.15) is 0 Å². The first kappa shape index (κ1) is 11.2. The number of hydrogen-bond donors (Lipinski definition) is 1. The highest BCUT2D eigenvalue weighted by Gasteiger charge is 2.00. The average molecular weight is 171 g/mol. The summed E-state index contributed by atoms with van der Waals surface area (Å²) < 4.78 is 4.87. The molecule has 0 aliphatic heterocycles. The summed E-state index contributed by atoms with van der Waals surface area (Å²) in [5, 5.41) is 0. The molecule has 0 spiro atoms. The fourth-order valence-electron chi connectivity index (χ4n) is 0.711. The third kappa shape index (κ3) is 5.92. The zero-order valence-corrected chi connectivity index (χ0v) is 7.64. The number of esters is 1. The van der Waals surface area contributed by atoms with Crippen LogP contribution >= 0.6 is 0 Å². The third-order valence-electron chi connectivity index (χ3n) is 1.43. The Bertz CT molecular complexity index is 155. The van der Waals surface area contributed by atoms with Crippen molar-refractivity contribution in [3.05, 3.63) is 12.2 Å². The van der Waals surface area contributed by atoms with Gasteiger partial charge in [0.2, 0.25) is 0 Å². The largest absolute Gasteiger partial charge is 0.462 e. The van der Waals surface area contributed by atoms with Gasteiger partial charge in [-0.2, -0.15) is 0 Å². The quantitative estimate of drug-likeness (QED) is 0.371. The van der Waals surface area contributed by atoms with E-state index in [-0.39, 0.29) is 5.97 Å². The van der Waals surface area contributed by atoms with Gasteiger partial charge in [-0.1, -0.05) is 6.58 Å². The van der Waals surface area contributed by atoms with Gasteiger partial charge in [0.05, 0.1) is 6.61 Å². The fourth-order valence-corrected chi connectivity index (χ4v) is 0.711. The van der Waals surface area contributed by atoms with Gasteiger partial charge in [-0.3, -0.25) is 0 Å². The lowest BCUT2D eigenvalue weighted by Crippen LogP contribution is -2.06. The van der Waals surface area contributed by atoms with Gasteiger partial charge in [-0.05, 0) is 32.7 Å². The predicted octanol–water partition coefficient (Wildman–Crippen LogP) is 1.23. The lowest BCUT2D eigenvalue weighted by Gasteiger charge is -2.02. The fraction of sp³-hybridized carbons (Fsp3) is 0.667. The minimum Gasteiger partial charge on any atom is -0.462 e. The van der Waals surface area contributed by atoms with Crippen LogP contribution < -0.4 is 5.73 Å². The van der Waals surface area contributed by atoms with Crippen LogP contribution in [0.2, 0.25) is 0 Å². The second-order valence-electron chi connectivity index (χ2n) is 2.77. The zero-order chi connectivity index (χ0) is 9.40. The van der Waals surface area contributed by atoms with Crippen molar-refractivity contribution < 1.29 is 9.53 Å². The second kappa shape index (κ2) is 6.85. The third-order valence-corrected chi connectivity index (χ3v) is 1.43. The number of nitrogens with two attached hydrogens (primary N) is 1. The summed E-state index contributed by atoms with van der Waals surface area (Å²) >= 11 is 0. The predicted molar refractivity (Wildman–Crippen MR) is 48.7 cm³/mol. The van der Waals surface area contributed by atoms with Crippen LogP contribution in [0.1, 0.15) is 26.2 Å². The molecule has 0 radical (unpaired) electrons. The van der Waals surface area contributed by atoms with E-state index in [0.29, 0.717) is 18.7 Å². The molecule has 0 amide bonds. The molecule has 2 N–H and O–H groups in total. The van der Waals surface area contributed by atoms with E-state index in [1.807, 2.05) is 0 Å². The average Bonchev–Trinajstić information content (AvgIpc) is 2.03. The van der Waals surface area contributed by atoms with E-state index in [2.05, 4.69) is 6.58 Å². The SMILES string of the molecule is C=C(C)C(=O)OCCCCCN. The van der Waals surface area contributed by atoms with E-state index >= 15 is 0 Å². The Labute approximate surface area is 73.6 Å². The van der Waals surface area contributed by atoms with Crippen molar-refractivity contribution in [2.45, 2.75) is 26.2 Å². The highest BCUT2D eigenvalue weighted by Crippen LogP contribution is 1.97. The van der Waals surface area contributed by atoms with Crippen molar-refractivity contribution in [1.82, 2.24) is 0 Å². The molecule has 0 aliphatic rings. The van der Waals surface area contributed by atoms with Crippen LogP contribution in [0, 0.1) is 0 Å². The number of carbonyl (C=O) groups excluding carboxylic acids is 1. The second-order valence-corrected chi connectivity index (χ2v) is 2.77. The van der Waals surface area contributed by atoms with Gasteiger partial charge in [0, 0.05) is 5.57 Å². The number of unbranched alkanes of at least 4 members (excludes halogenated alkanes) is 2. The van der Waals surface area contributed by atoms with Crippen LogP contribution in [0.4, 0.5) is 0 Å². The van der Waals surface area contributed by atoms with Crippen molar-refractivity contribution in [2.24, 2.45) is 5.73 Å². The first-order chi connectivity index (χ1) is 5.68. The minimum atomic E-state index is -0.303. The maximum atomic E-state index is 10.8. The molecule has 0 aromatic carbocycles. The van der Waals surface area contributed by atoms with E-state index in [9.17, 15) is 4.79 Å². The Hall–Kier alpha value is -0.830. The summed E-state index contributed by atoms with van der Waals surface area (Å²) in [6, 6.07) is 0. The lowest BCUT2D eigenvalue weighted by atomic mass is 10.2. The normalized spacial score (nSPS) is 9.50. The number of hydrogen-bond acceptors (Lipinski definition) is 3. The van der Waals surface area contributed by atoms with Crippen LogP contribution in [-0.2, 0) is 9.53 Å². The maximum absolute atomic E-state index is 10.8. The van der Waals surface area contributed by atoms with Gasteiger partial charge in [0.15, 0.2) is 0 Å². The first-order valence-corrected chi connectivity index (χ1v) is 4.21. The Kier molecular flexibility index (Phi) is 6.38. The van der Waals surface area contributed by atoms with Crippen molar-refractivity contribution in [3.8, 4) is 0 Å². The summed E-state index contributed by atoms with van der Waals surface area (Å²) in [6.07, 6.45) is 2.89. The molecule has 0 atom stereocenters. The Morgan fingerprint density at radius 3 is 2.58 bits per heavy atom. The smallest absolute Gasteiger partial charge is 0.333 e. The van der Waals surface area contributed by atoms with Gasteiger partial charge in [-0.25, -0.2) is 4.79 Å². The standard InChI is InChI=1S/C9H17NO2/c1-8(2)9(11)12-7-5-3-4-6-10/h1,3-7,10H2,2H3. The Morgan fingerprint density at radius 2 is 2.08 bits per heavy atom. The molecule has 3 heteroatoms. The van der Waals surface area contributed by atoms with E-state index in [4.69, 9.17) is 10.5 Å². The molecule has 0 unspecified atom stereocenters. The molecule has 0 bridgehead atoms. The summed E-state index contributed by atoms with van der Waals surface area (Å²) in [5.41, 5.74) is 5.75. The molecule has 12 heavy (non-hydrogen) atoms. The maximum Gasteiger partial charge on any atom is 0.333 e. The van der Waals surface area contributed by atoms with Crippen LogP contribution in [-0.4, -0.2) is 19.1 Å². The monoisotopic (exact) mass is 171 g/mol. The molecule has 0 aromatic heterocycles. The van der Waals surface area contributed by atoms with E-state index < -0.39 is 0 Å². The lowest BCUT2D eigenvalue weighted by molar-refractivity contribution is -0.139. The number of ether oxygens (including phenoxy) is 1. The van der Waals surface area contributed by atoms with Gasteiger partial charge in [-0.15, -0.1) is 0 Å². The van der Waals surface area contributed by atoms with Crippen LogP contribution in [0.5, 0.6) is 0 Å². The highest BCUT2D eigenvalue weighted by atomic mass is 16.5. The van der Waals surface area contributed by atoms with Gasteiger partial charge < -0.3 is 10.5 Å². The molecule has 0 saturated carbocycles. The summed E-state index contributed by atoms with van der Waals surface area (Å²) in [7, 11) is 0. The first-order valence-electron chi connectivity index (χ1n) is 4.21. The molecule has 0 rings (SSSR count). The summed E-state index contributed by atoms with van der Waals surface area (Å²) in [4.78, 5) is 10.8. The van der Waals surface area contributed by atoms with Crippen LogP contribution in [0.3, 0.4) is 0 Å². The highest BCUT2D eigenvalue weighted by molar-refractivity contribution is 5.86. The van der Waals surface area contributed by atoms with Crippen LogP contribution in [0.25, 0.3) is 0 Å². The topological polar surface area (TPSA) is 52.3 Å². The zero-order valence-electron chi connectivity index (χ0n) is 7.64. The Morgan fingerprint density at radius 1 is 1.42 bits per heavy atom. The number of carbonyl (C=O) groups is 1. The Balaban J connectivity index is 3.20. The molecule has 0 aromatic rings. The molecule has 3 nitrogen and oxygen atoms in total. The molecule has 0 fully saturated rings. The molecule has 0 heterocycles. The molecular weight excluding hydrogens is 154 g/mol. The van der Waals surface area contributed by atoms with Gasteiger partial charge >= 0.3 is 5.97 Å². The summed E-state index contributed by atoms with van der Waals surface area (Å²) in [6.45, 7) is 6.30. The van der Waals surface area contributed by atoms with E-state index in [1.165, 1.54) is 0 Å². The molecular formula is C9H17NO2. The van der Waals surface area contributed by atoms with Crippen molar-refractivity contribution in [3.63, 3.8) is 0 Å². The van der Waals surface area contributed by atoms with Crippen LogP contribution in [0.15, 0.2) is 12.2 Å². The number of rotatable bonds is 6. The van der Waals surface area contributed by atoms with E-state index in [1.54, 1.807) is 6.92 Å².